The average molecular weight is 457 g/mol. The molecule has 166 valence electrons. The van der Waals surface area contributed by atoms with Gasteiger partial charge in [0, 0.05) is 42.3 Å². The number of nitrogens with one attached hydrogen (secondary N) is 1. The smallest absolute Gasteiger partial charge is 0.227 e. The Morgan fingerprint density at radius 3 is 2.85 bits per heavy atom. The van der Waals surface area contributed by atoms with Crippen molar-refractivity contribution in [3.63, 3.8) is 0 Å². The molecular formula is C25H24N6OS. The lowest BCUT2D eigenvalue weighted by atomic mass is 9.95. The molecule has 0 radical (unpaired) electrons. The molecule has 3 N–H and O–H groups in total. The predicted molar refractivity (Wildman–Crippen MR) is 131 cm³/mol. The highest BCUT2D eigenvalue weighted by atomic mass is 32.1. The molecule has 0 atom stereocenters. The van der Waals surface area contributed by atoms with Crippen LogP contribution < -0.4 is 5.73 Å². The van der Waals surface area contributed by atoms with Crippen LogP contribution in [0.25, 0.3) is 27.8 Å². The predicted octanol–water partition coefficient (Wildman–Crippen LogP) is 4.47. The van der Waals surface area contributed by atoms with Crippen LogP contribution in [0.5, 0.6) is 0 Å². The average Bonchev–Trinajstić information content (AvgIpc) is 3.57. The highest BCUT2D eigenvalue weighted by Crippen LogP contribution is 2.35. The van der Waals surface area contributed by atoms with Crippen LogP contribution in [0.2, 0.25) is 0 Å². The van der Waals surface area contributed by atoms with E-state index in [4.69, 9.17) is 10.7 Å². The molecule has 1 amide bonds. The number of hydrogen-bond acceptors (Lipinski definition) is 5. The molecule has 7 nitrogen and oxygen atoms in total. The Morgan fingerprint density at radius 2 is 2.06 bits per heavy atom. The SMILES string of the molecule is Nc1nccn2c(C3CCN(C(=O)Cc4ccsc4)CC3)nc(-c3cc4ccccc4[nH]3)c12. The number of carbonyl (C=O) groups is 1. The van der Waals surface area contributed by atoms with Crippen LogP contribution in [0.15, 0.2) is 59.6 Å². The van der Waals surface area contributed by atoms with Gasteiger partial charge in [-0.3, -0.25) is 9.20 Å². The number of para-hydroxylation sites is 1. The third-order valence-electron chi connectivity index (χ3n) is 6.54. The second-order valence-electron chi connectivity index (χ2n) is 8.58. The number of anilines is 1. The summed E-state index contributed by atoms with van der Waals surface area (Å²) in [5.41, 5.74) is 11.1. The van der Waals surface area contributed by atoms with Crippen molar-refractivity contribution >= 4 is 39.5 Å². The number of benzene rings is 1. The summed E-state index contributed by atoms with van der Waals surface area (Å²) >= 11 is 1.63. The zero-order valence-electron chi connectivity index (χ0n) is 18.1. The van der Waals surface area contributed by atoms with Gasteiger partial charge in [-0.2, -0.15) is 11.3 Å². The Morgan fingerprint density at radius 1 is 1.21 bits per heavy atom. The van der Waals surface area contributed by atoms with Gasteiger partial charge in [0.25, 0.3) is 0 Å². The Balaban J connectivity index is 1.30. The molecule has 1 aromatic carbocycles. The van der Waals surface area contributed by atoms with Gasteiger partial charge in [-0.05, 0) is 47.4 Å². The number of thiophene rings is 1. The number of hydrogen-bond donors (Lipinski definition) is 2. The molecule has 4 aromatic heterocycles. The zero-order chi connectivity index (χ0) is 22.4. The van der Waals surface area contributed by atoms with E-state index in [0.29, 0.717) is 12.2 Å². The summed E-state index contributed by atoms with van der Waals surface area (Å²) in [4.78, 5) is 27.6. The lowest BCUT2D eigenvalue weighted by molar-refractivity contribution is -0.131. The second-order valence-corrected chi connectivity index (χ2v) is 9.36. The van der Waals surface area contributed by atoms with Gasteiger partial charge in [0.05, 0.1) is 12.1 Å². The van der Waals surface area contributed by atoms with E-state index in [2.05, 4.69) is 32.6 Å². The summed E-state index contributed by atoms with van der Waals surface area (Å²) in [5, 5.41) is 5.20. The number of aromatic amines is 1. The van der Waals surface area contributed by atoms with Gasteiger partial charge in [0.15, 0.2) is 0 Å². The first-order valence-corrected chi connectivity index (χ1v) is 12.1. The van der Waals surface area contributed by atoms with Gasteiger partial charge < -0.3 is 15.6 Å². The van der Waals surface area contributed by atoms with E-state index in [1.54, 1.807) is 17.5 Å². The monoisotopic (exact) mass is 456 g/mol. The number of carbonyl (C=O) groups excluding carboxylic acids is 1. The fourth-order valence-electron chi connectivity index (χ4n) is 4.83. The fraction of sp³-hybridized carbons (Fsp3) is 0.240. The van der Waals surface area contributed by atoms with Gasteiger partial charge in [-0.15, -0.1) is 0 Å². The van der Waals surface area contributed by atoms with E-state index in [9.17, 15) is 4.79 Å². The first-order chi connectivity index (χ1) is 16.2. The normalized spacial score (nSPS) is 15.0. The molecule has 5 heterocycles. The topological polar surface area (TPSA) is 92.3 Å². The molecule has 33 heavy (non-hydrogen) atoms. The number of imidazole rings is 1. The number of nitrogens with zero attached hydrogens (tertiary/aromatic N) is 4. The van der Waals surface area contributed by atoms with Crippen LogP contribution in [-0.4, -0.2) is 43.2 Å². The molecule has 1 aliphatic heterocycles. The zero-order valence-corrected chi connectivity index (χ0v) is 18.9. The number of nitrogens with two attached hydrogens (primary N) is 1. The Kier molecular flexibility index (Phi) is 4.87. The highest BCUT2D eigenvalue weighted by molar-refractivity contribution is 7.08. The maximum Gasteiger partial charge on any atom is 0.227 e. The van der Waals surface area contributed by atoms with Crippen LogP contribution in [0.4, 0.5) is 5.82 Å². The molecule has 0 aliphatic carbocycles. The third-order valence-corrected chi connectivity index (χ3v) is 7.28. The van der Waals surface area contributed by atoms with Crippen LogP contribution >= 0.6 is 11.3 Å². The van der Waals surface area contributed by atoms with Crippen LogP contribution in [-0.2, 0) is 11.2 Å². The molecule has 5 aromatic rings. The van der Waals surface area contributed by atoms with Crippen LogP contribution in [0.3, 0.4) is 0 Å². The number of fused-ring (bicyclic) bond motifs is 2. The summed E-state index contributed by atoms with van der Waals surface area (Å²) in [7, 11) is 0. The maximum atomic E-state index is 12.7. The van der Waals surface area contributed by atoms with E-state index in [1.807, 2.05) is 40.1 Å². The number of likely N-dealkylation sites (tertiary alicyclic amines) is 1. The van der Waals surface area contributed by atoms with Gasteiger partial charge in [0.1, 0.15) is 22.9 Å². The molecule has 0 saturated carbocycles. The number of piperidine rings is 1. The van der Waals surface area contributed by atoms with Crippen molar-refractivity contribution in [2.75, 3.05) is 18.8 Å². The van der Waals surface area contributed by atoms with E-state index in [0.717, 1.165) is 65.1 Å². The van der Waals surface area contributed by atoms with E-state index < -0.39 is 0 Å². The quantitative estimate of drug-likeness (QED) is 0.417. The van der Waals surface area contributed by atoms with E-state index in [-0.39, 0.29) is 11.8 Å². The lowest BCUT2D eigenvalue weighted by Gasteiger charge is -2.31. The van der Waals surface area contributed by atoms with Crippen molar-refractivity contribution in [2.24, 2.45) is 0 Å². The molecule has 8 heteroatoms. The number of nitrogen functional groups attached to an aromatic ring is 1. The number of rotatable bonds is 4. The number of aromatic nitrogens is 4. The Bertz CT molecular complexity index is 1410. The van der Waals surface area contributed by atoms with Crippen molar-refractivity contribution in [1.82, 2.24) is 24.3 Å². The molecular weight excluding hydrogens is 432 g/mol. The summed E-state index contributed by atoms with van der Waals surface area (Å²) in [5.74, 6) is 1.90. The summed E-state index contributed by atoms with van der Waals surface area (Å²) < 4.78 is 2.08. The summed E-state index contributed by atoms with van der Waals surface area (Å²) in [6.45, 7) is 1.48. The summed E-state index contributed by atoms with van der Waals surface area (Å²) in [6, 6.07) is 12.3. The van der Waals surface area contributed by atoms with Gasteiger partial charge in [-0.1, -0.05) is 18.2 Å². The maximum absolute atomic E-state index is 12.7. The fourth-order valence-corrected chi connectivity index (χ4v) is 5.50. The van der Waals surface area contributed by atoms with Crippen molar-refractivity contribution in [3.8, 4) is 11.4 Å². The molecule has 1 fully saturated rings. The van der Waals surface area contributed by atoms with Crippen molar-refractivity contribution in [3.05, 3.63) is 70.9 Å². The van der Waals surface area contributed by atoms with Crippen LogP contribution in [0, 0.1) is 0 Å². The summed E-state index contributed by atoms with van der Waals surface area (Å²) in [6.07, 6.45) is 5.90. The highest BCUT2D eigenvalue weighted by Gasteiger charge is 2.28. The molecule has 6 rings (SSSR count). The van der Waals surface area contributed by atoms with E-state index in [1.165, 1.54) is 0 Å². The first-order valence-electron chi connectivity index (χ1n) is 11.2. The minimum Gasteiger partial charge on any atom is -0.382 e. The van der Waals surface area contributed by atoms with Crippen LogP contribution in [0.1, 0.15) is 30.1 Å². The number of H-pyrrole nitrogens is 1. The second kappa shape index (κ2) is 8.04. The lowest BCUT2D eigenvalue weighted by Crippen LogP contribution is -2.39. The van der Waals surface area contributed by atoms with Gasteiger partial charge in [0.2, 0.25) is 5.91 Å². The van der Waals surface area contributed by atoms with E-state index >= 15 is 0 Å². The molecule has 1 aliphatic rings. The standard InChI is InChI=1S/C25H24N6OS/c26-24-23-22(20-14-18-3-1-2-4-19(18)28-20)29-25(31(23)11-8-27-24)17-5-9-30(10-6-17)21(32)13-16-7-12-33-15-16/h1-4,7-8,11-12,14-15,17,28H,5-6,9-10,13H2,(H2,26,27). The minimum atomic E-state index is 0.201. The largest absolute Gasteiger partial charge is 0.382 e. The minimum absolute atomic E-state index is 0.201. The molecule has 0 bridgehead atoms. The molecule has 0 unspecified atom stereocenters. The third kappa shape index (κ3) is 3.56. The van der Waals surface area contributed by atoms with Gasteiger partial charge >= 0.3 is 0 Å². The molecule has 0 spiro atoms. The van der Waals surface area contributed by atoms with Crippen molar-refractivity contribution in [1.29, 1.82) is 0 Å². The Labute approximate surface area is 194 Å². The van der Waals surface area contributed by atoms with Gasteiger partial charge in [-0.25, -0.2) is 9.97 Å². The van der Waals surface area contributed by atoms with Crippen molar-refractivity contribution in [2.45, 2.75) is 25.2 Å². The first kappa shape index (κ1) is 20.0. The molecule has 1 saturated heterocycles. The van der Waals surface area contributed by atoms with Crippen molar-refractivity contribution < 1.29 is 4.79 Å². The number of amides is 1. The Hall–Kier alpha value is -3.65.